The molecule has 0 radical (unpaired) electrons. The molecule has 0 aliphatic heterocycles. The first kappa shape index (κ1) is 8.87. The van der Waals surface area contributed by atoms with E-state index in [1.54, 1.807) is 0 Å². The van der Waals surface area contributed by atoms with Crippen LogP contribution in [0.15, 0.2) is 13.2 Å². The molecule has 0 heterocycles. The van der Waals surface area contributed by atoms with E-state index >= 15 is 0 Å². The van der Waals surface area contributed by atoms with Crippen molar-refractivity contribution in [3.8, 4) is 0 Å². The summed E-state index contributed by atoms with van der Waals surface area (Å²) < 4.78 is 8.25. The molecule has 0 bridgehead atoms. The van der Waals surface area contributed by atoms with Gasteiger partial charge >= 0.3 is 23.7 Å². The monoisotopic (exact) mass is 92.0 g/mol. The summed E-state index contributed by atoms with van der Waals surface area (Å²) in [6, 6.07) is 0. The summed E-state index contributed by atoms with van der Waals surface area (Å²) in [6.45, 7) is 6.00. The van der Waals surface area contributed by atoms with Gasteiger partial charge in [0.15, 0.2) is 0 Å². The normalized spacial score (nSPS) is 1.75. The van der Waals surface area contributed by atoms with Crippen LogP contribution in [0, 0.1) is 0 Å². The SMILES string of the molecule is C=C.[O]=[Ti]. The Morgan fingerprint density at radius 3 is 1.25 bits per heavy atom. The van der Waals surface area contributed by atoms with E-state index in [9.17, 15) is 0 Å². The van der Waals surface area contributed by atoms with Crippen LogP contribution < -0.4 is 0 Å². The van der Waals surface area contributed by atoms with Crippen molar-refractivity contribution in [3.63, 3.8) is 0 Å². The van der Waals surface area contributed by atoms with Crippen LogP contribution in [0.3, 0.4) is 0 Å². The summed E-state index contributed by atoms with van der Waals surface area (Å²) in [5, 5.41) is 0. The van der Waals surface area contributed by atoms with Crippen molar-refractivity contribution in [2.75, 3.05) is 0 Å². The van der Waals surface area contributed by atoms with Crippen LogP contribution in [0.25, 0.3) is 0 Å². The van der Waals surface area contributed by atoms with Gasteiger partial charge in [-0.2, -0.15) is 0 Å². The van der Waals surface area contributed by atoms with Gasteiger partial charge in [-0.05, 0) is 0 Å². The Labute approximate surface area is 37.4 Å². The molecular formula is C2H4OTi. The third-order valence-electron chi connectivity index (χ3n) is 0. The van der Waals surface area contributed by atoms with Gasteiger partial charge in [0, 0.05) is 0 Å². The van der Waals surface area contributed by atoms with Gasteiger partial charge in [-0.3, -0.25) is 0 Å². The van der Waals surface area contributed by atoms with Crippen molar-refractivity contribution < 1.29 is 23.7 Å². The Morgan fingerprint density at radius 2 is 1.25 bits per heavy atom. The van der Waals surface area contributed by atoms with Crippen LogP contribution in [0.5, 0.6) is 0 Å². The summed E-state index contributed by atoms with van der Waals surface area (Å²) in [5.41, 5.74) is 0. The first-order chi connectivity index (χ1) is 2.00. The van der Waals surface area contributed by atoms with Crippen molar-refractivity contribution >= 4 is 0 Å². The van der Waals surface area contributed by atoms with Crippen LogP contribution in [0.2, 0.25) is 0 Å². The van der Waals surface area contributed by atoms with Gasteiger partial charge in [0.1, 0.15) is 0 Å². The van der Waals surface area contributed by atoms with Crippen molar-refractivity contribution in [2.24, 2.45) is 0 Å². The standard InChI is InChI=1S/C2H4.O.Ti/c1-2;;/h1-2H2;;. The zero-order chi connectivity index (χ0) is 4.00. The van der Waals surface area contributed by atoms with Gasteiger partial charge in [-0.1, -0.05) is 0 Å². The molecule has 0 N–H and O–H groups in total. The molecule has 0 aromatic carbocycles. The Kier molecular flexibility index (Phi) is 567. The summed E-state index contributed by atoms with van der Waals surface area (Å²) in [4.78, 5) is 0. The summed E-state index contributed by atoms with van der Waals surface area (Å²) in [6.07, 6.45) is 0. The fourth-order valence-electron chi connectivity index (χ4n) is 0. The van der Waals surface area contributed by atoms with Gasteiger partial charge in [0.2, 0.25) is 0 Å². The molecule has 4 heavy (non-hydrogen) atoms. The average Bonchev–Trinajstić information content (AvgIpc) is 1.50. The quantitative estimate of drug-likeness (QED) is 0.317. The van der Waals surface area contributed by atoms with E-state index in [2.05, 4.69) is 13.2 Å². The molecule has 0 aliphatic rings. The topological polar surface area (TPSA) is 17.1 Å². The Balaban J connectivity index is 0. The van der Waals surface area contributed by atoms with E-state index < -0.39 is 0 Å². The van der Waals surface area contributed by atoms with Crippen LogP contribution in [-0.4, -0.2) is 0 Å². The van der Waals surface area contributed by atoms with E-state index in [4.69, 9.17) is 3.32 Å². The van der Waals surface area contributed by atoms with E-state index in [0.717, 1.165) is 20.4 Å². The van der Waals surface area contributed by atoms with E-state index in [-0.39, 0.29) is 0 Å². The summed E-state index contributed by atoms with van der Waals surface area (Å²) >= 11 is 0.750. The molecule has 0 saturated heterocycles. The molecule has 22 valence electrons. The molecule has 1 nitrogen and oxygen atoms in total. The first-order valence-corrected chi connectivity index (χ1v) is 1.34. The first-order valence-electron chi connectivity index (χ1n) is 0.704. The molecule has 0 unspecified atom stereocenters. The van der Waals surface area contributed by atoms with Crippen LogP contribution >= 0.6 is 0 Å². The minimum atomic E-state index is 0.750. The zero-order valence-corrected chi connectivity index (χ0v) is 3.88. The predicted octanol–water partition coefficient (Wildman–Crippen LogP) is 0.681. The van der Waals surface area contributed by atoms with Crippen molar-refractivity contribution in [1.29, 1.82) is 0 Å². The summed E-state index contributed by atoms with van der Waals surface area (Å²) in [5.74, 6) is 0. The molecule has 0 saturated carbocycles. The fraction of sp³-hybridized carbons (Fsp3) is 0. The number of hydrogen-bond donors (Lipinski definition) is 0. The van der Waals surface area contributed by atoms with Crippen LogP contribution in [-0.2, 0) is 23.7 Å². The molecule has 0 aliphatic carbocycles. The third-order valence-corrected chi connectivity index (χ3v) is 0. The number of rotatable bonds is 0. The van der Waals surface area contributed by atoms with Crippen LogP contribution in [0.1, 0.15) is 0 Å². The van der Waals surface area contributed by atoms with Crippen molar-refractivity contribution in [3.05, 3.63) is 13.2 Å². The molecule has 0 fully saturated rings. The molecule has 0 aromatic heterocycles. The van der Waals surface area contributed by atoms with Gasteiger partial charge in [-0.25, -0.2) is 0 Å². The van der Waals surface area contributed by atoms with E-state index in [0.29, 0.717) is 0 Å². The van der Waals surface area contributed by atoms with Gasteiger partial charge < -0.3 is 0 Å². The van der Waals surface area contributed by atoms with Crippen LogP contribution in [0.4, 0.5) is 0 Å². The number of hydrogen-bond acceptors (Lipinski definition) is 1. The molecule has 0 amide bonds. The summed E-state index contributed by atoms with van der Waals surface area (Å²) in [7, 11) is 0. The molecular weight excluding hydrogens is 87.9 g/mol. The van der Waals surface area contributed by atoms with E-state index in [1.807, 2.05) is 0 Å². The second-order valence-electron chi connectivity index (χ2n) is 0. The van der Waals surface area contributed by atoms with Crippen molar-refractivity contribution in [2.45, 2.75) is 0 Å². The third kappa shape index (κ3) is 54.8. The van der Waals surface area contributed by atoms with E-state index in [1.165, 1.54) is 0 Å². The molecule has 0 aromatic rings. The Morgan fingerprint density at radius 1 is 1.25 bits per heavy atom. The molecule has 0 spiro atoms. The zero-order valence-electron chi connectivity index (χ0n) is 2.32. The fourth-order valence-corrected chi connectivity index (χ4v) is 0. The minimum absolute atomic E-state index is 0.750. The second-order valence-corrected chi connectivity index (χ2v) is 0. The van der Waals surface area contributed by atoms with Crippen molar-refractivity contribution in [1.82, 2.24) is 0 Å². The average molecular weight is 91.9 g/mol. The predicted molar refractivity (Wildman–Crippen MR) is 11.9 cm³/mol. The molecule has 0 atom stereocenters. The Bertz CT molecular complexity index is 8.00. The second kappa shape index (κ2) is 256. The Hall–Kier alpha value is 0.254. The maximum absolute atomic E-state index is 8.25. The van der Waals surface area contributed by atoms with Gasteiger partial charge in [0.25, 0.3) is 0 Å². The molecule has 0 rings (SSSR count). The maximum atomic E-state index is 8.25. The van der Waals surface area contributed by atoms with Gasteiger partial charge in [-0.15, -0.1) is 13.2 Å². The molecule has 2 heteroatoms. The van der Waals surface area contributed by atoms with Gasteiger partial charge in [0.05, 0.1) is 0 Å².